The van der Waals surface area contributed by atoms with Gasteiger partial charge in [-0.1, -0.05) is 36.4 Å². The molecular formula is C16H21NO2. The minimum atomic E-state index is -0.653. The van der Waals surface area contributed by atoms with Crippen molar-refractivity contribution in [2.45, 2.75) is 19.3 Å². The van der Waals surface area contributed by atoms with E-state index in [2.05, 4.69) is 12.1 Å². The molecule has 0 spiro atoms. The molecule has 0 heterocycles. The van der Waals surface area contributed by atoms with E-state index < -0.39 is 6.10 Å². The van der Waals surface area contributed by atoms with E-state index in [1.807, 2.05) is 56.3 Å². The first kappa shape index (κ1) is 14.0. The summed E-state index contributed by atoms with van der Waals surface area (Å²) in [5.41, 5.74) is 0.880. The third-order valence-corrected chi connectivity index (χ3v) is 3.23. The van der Waals surface area contributed by atoms with Crippen LogP contribution in [-0.2, 0) is 4.74 Å². The Labute approximate surface area is 114 Å². The molecule has 2 unspecified atom stereocenters. The summed E-state index contributed by atoms with van der Waals surface area (Å²) < 4.78 is 5.61. The van der Waals surface area contributed by atoms with Gasteiger partial charge in [-0.05, 0) is 43.4 Å². The van der Waals surface area contributed by atoms with Crippen LogP contribution in [0.25, 0.3) is 10.8 Å². The minimum absolute atomic E-state index is 0.328. The van der Waals surface area contributed by atoms with Crippen LogP contribution in [0.15, 0.2) is 42.5 Å². The molecule has 0 radical (unpaired) electrons. The van der Waals surface area contributed by atoms with E-state index in [4.69, 9.17) is 4.74 Å². The topological polar surface area (TPSA) is 32.7 Å². The second-order valence-corrected chi connectivity index (χ2v) is 4.86. The third-order valence-electron chi connectivity index (χ3n) is 3.23. The molecule has 0 aliphatic heterocycles. The van der Waals surface area contributed by atoms with Gasteiger partial charge in [0.05, 0.1) is 0 Å². The molecule has 0 saturated carbocycles. The summed E-state index contributed by atoms with van der Waals surface area (Å²) in [4.78, 5) is 1.89. The van der Waals surface area contributed by atoms with Crippen LogP contribution in [-0.4, -0.2) is 36.9 Å². The third kappa shape index (κ3) is 3.13. The SMILES string of the molecule is CCOC(C(O)c1ccc2ccccc2c1)N(C)C. The van der Waals surface area contributed by atoms with Crippen LogP contribution >= 0.6 is 0 Å². The van der Waals surface area contributed by atoms with Crippen molar-refractivity contribution in [2.75, 3.05) is 20.7 Å². The molecule has 0 fully saturated rings. The fourth-order valence-corrected chi connectivity index (χ4v) is 2.25. The van der Waals surface area contributed by atoms with Crippen LogP contribution < -0.4 is 0 Å². The molecule has 2 rings (SSSR count). The fourth-order valence-electron chi connectivity index (χ4n) is 2.25. The van der Waals surface area contributed by atoms with Crippen LogP contribution in [0, 0.1) is 0 Å². The van der Waals surface area contributed by atoms with Gasteiger partial charge in [0.1, 0.15) is 12.3 Å². The molecule has 1 N–H and O–H groups in total. The van der Waals surface area contributed by atoms with Gasteiger partial charge in [-0.25, -0.2) is 0 Å². The number of fused-ring (bicyclic) bond motifs is 1. The van der Waals surface area contributed by atoms with E-state index in [0.29, 0.717) is 6.61 Å². The molecule has 2 atom stereocenters. The summed E-state index contributed by atoms with van der Waals surface area (Å²) in [7, 11) is 3.81. The van der Waals surface area contributed by atoms with E-state index in [-0.39, 0.29) is 6.23 Å². The average molecular weight is 259 g/mol. The van der Waals surface area contributed by atoms with Crippen LogP contribution in [0.3, 0.4) is 0 Å². The molecule has 0 bridgehead atoms. The molecule has 3 nitrogen and oxygen atoms in total. The first-order valence-corrected chi connectivity index (χ1v) is 6.58. The van der Waals surface area contributed by atoms with Crippen molar-refractivity contribution in [1.29, 1.82) is 0 Å². The highest BCUT2D eigenvalue weighted by molar-refractivity contribution is 5.83. The minimum Gasteiger partial charge on any atom is -0.384 e. The monoisotopic (exact) mass is 259 g/mol. The van der Waals surface area contributed by atoms with E-state index in [9.17, 15) is 5.11 Å². The molecule has 102 valence electrons. The zero-order valence-corrected chi connectivity index (χ0v) is 11.7. The normalized spacial score (nSPS) is 14.8. The van der Waals surface area contributed by atoms with Gasteiger partial charge in [0.2, 0.25) is 0 Å². The quantitative estimate of drug-likeness (QED) is 0.838. The first-order chi connectivity index (χ1) is 9.13. The van der Waals surface area contributed by atoms with Gasteiger partial charge in [-0.3, -0.25) is 4.90 Å². The molecule has 19 heavy (non-hydrogen) atoms. The Morgan fingerprint density at radius 2 is 1.79 bits per heavy atom. The Kier molecular flexibility index (Phi) is 4.53. The molecule has 0 aliphatic carbocycles. The van der Waals surface area contributed by atoms with Crippen LogP contribution in [0.1, 0.15) is 18.6 Å². The summed E-state index contributed by atoms with van der Waals surface area (Å²) in [5.74, 6) is 0. The standard InChI is InChI=1S/C16H21NO2/c1-4-19-16(17(2)3)15(18)14-10-9-12-7-5-6-8-13(12)11-14/h5-11,15-16,18H,4H2,1-3H3. The number of nitrogens with zero attached hydrogens (tertiary/aromatic N) is 1. The molecule has 0 amide bonds. The number of rotatable bonds is 5. The van der Waals surface area contributed by atoms with Crippen molar-refractivity contribution in [3.8, 4) is 0 Å². The fraction of sp³-hybridized carbons (Fsp3) is 0.375. The van der Waals surface area contributed by atoms with Gasteiger partial charge in [-0.15, -0.1) is 0 Å². The Morgan fingerprint density at radius 3 is 2.42 bits per heavy atom. The van der Waals surface area contributed by atoms with Gasteiger partial charge in [0, 0.05) is 6.61 Å². The van der Waals surface area contributed by atoms with E-state index >= 15 is 0 Å². The average Bonchev–Trinajstić information content (AvgIpc) is 2.43. The van der Waals surface area contributed by atoms with Gasteiger partial charge in [-0.2, -0.15) is 0 Å². The van der Waals surface area contributed by atoms with Crippen LogP contribution in [0.4, 0.5) is 0 Å². The van der Waals surface area contributed by atoms with Crippen molar-refractivity contribution >= 4 is 10.8 Å². The number of likely N-dealkylation sites (N-methyl/N-ethyl adjacent to an activating group) is 1. The maximum absolute atomic E-state index is 10.5. The molecule has 2 aromatic carbocycles. The molecule has 2 aromatic rings. The molecule has 0 saturated heterocycles. The highest BCUT2D eigenvalue weighted by atomic mass is 16.5. The summed E-state index contributed by atoms with van der Waals surface area (Å²) in [6.07, 6.45) is -0.981. The summed E-state index contributed by atoms with van der Waals surface area (Å²) in [6.45, 7) is 2.51. The van der Waals surface area contributed by atoms with Gasteiger partial charge < -0.3 is 9.84 Å². The largest absolute Gasteiger partial charge is 0.384 e. The second-order valence-electron chi connectivity index (χ2n) is 4.86. The maximum Gasteiger partial charge on any atom is 0.140 e. The number of ether oxygens (including phenoxy) is 1. The Hall–Kier alpha value is -1.42. The molecular weight excluding hydrogens is 238 g/mol. The van der Waals surface area contributed by atoms with Gasteiger partial charge in [0.15, 0.2) is 0 Å². The Balaban J connectivity index is 2.31. The summed E-state index contributed by atoms with van der Waals surface area (Å²) in [6, 6.07) is 14.2. The number of hydrogen-bond donors (Lipinski definition) is 1. The highest BCUT2D eigenvalue weighted by Crippen LogP contribution is 2.24. The number of aliphatic hydroxyl groups excluding tert-OH is 1. The van der Waals surface area contributed by atoms with E-state index in [1.54, 1.807) is 0 Å². The van der Waals surface area contributed by atoms with Crippen LogP contribution in [0.2, 0.25) is 0 Å². The van der Waals surface area contributed by atoms with Crippen molar-refractivity contribution in [1.82, 2.24) is 4.90 Å². The Bertz CT molecular complexity index is 539. The zero-order valence-electron chi connectivity index (χ0n) is 11.7. The van der Waals surface area contributed by atoms with E-state index in [0.717, 1.165) is 10.9 Å². The summed E-state index contributed by atoms with van der Waals surface area (Å²) in [5, 5.41) is 12.8. The summed E-state index contributed by atoms with van der Waals surface area (Å²) >= 11 is 0. The Morgan fingerprint density at radius 1 is 1.11 bits per heavy atom. The smallest absolute Gasteiger partial charge is 0.140 e. The molecule has 0 aliphatic rings. The number of benzene rings is 2. The lowest BCUT2D eigenvalue weighted by Gasteiger charge is -2.29. The lowest BCUT2D eigenvalue weighted by atomic mass is 10.0. The number of aliphatic hydroxyl groups is 1. The zero-order chi connectivity index (χ0) is 13.8. The maximum atomic E-state index is 10.5. The van der Waals surface area contributed by atoms with Crippen molar-refractivity contribution in [3.63, 3.8) is 0 Å². The highest BCUT2D eigenvalue weighted by Gasteiger charge is 2.23. The van der Waals surface area contributed by atoms with Crippen molar-refractivity contribution < 1.29 is 9.84 Å². The number of hydrogen-bond acceptors (Lipinski definition) is 3. The predicted molar refractivity (Wildman–Crippen MR) is 78.0 cm³/mol. The lowest BCUT2D eigenvalue weighted by molar-refractivity contribution is -0.106. The first-order valence-electron chi connectivity index (χ1n) is 6.58. The predicted octanol–water partition coefficient (Wildman–Crippen LogP) is 2.80. The van der Waals surface area contributed by atoms with E-state index in [1.165, 1.54) is 5.39 Å². The van der Waals surface area contributed by atoms with Gasteiger partial charge >= 0.3 is 0 Å². The molecule has 3 heteroatoms. The lowest BCUT2D eigenvalue weighted by Crippen LogP contribution is -2.36. The second kappa shape index (κ2) is 6.15. The molecule has 0 aromatic heterocycles. The van der Waals surface area contributed by atoms with Crippen molar-refractivity contribution in [3.05, 3.63) is 48.0 Å². The van der Waals surface area contributed by atoms with Crippen LogP contribution in [0.5, 0.6) is 0 Å². The van der Waals surface area contributed by atoms with Gasteiger partial charge in [0.25, 0.3) is 0 Å². The van der Waals surface area contributed by atoms with Crippen molar-refractivity contribution in [2.24, 2.45) is 0 Å².